The lowest BCUT2D eigenvalue weighted by Gasteiger charge is -2.40. The Morgan fingerprint density at radius 1 is 0.914 bits per heavy atom. The number of nitrogen functional groups attached to an aromatic ring is 1. The maximum Gasteiger partial charge on any atom is 0.278 e. The predicted molar refractivity (Wildman–Crippen MR) is 216 cm³/mol. The smallest absolute Gasteiger partial charge is 0.278 e. The highest BCUT2D eigenvalue weighted by molar-refractivity contribution is 6.06. The van der Waals surface area contributed by atoms with Crippen molar-refractivity contribution < 1.29 is 28.8 Å². The number of carbonyl (C=O) groups excluding carboxylic acids is 6. The zero-order chi connectivity index (χ0) is 40.8. The van der Waals surface area contributed by atoms with Gasteiger partial charge >= 0.3 is 0 Å². The molecule has 2 fully saturated rings. The lowest BCUT2D eigenvalue weighted by atomic mass is 9.84. The number of imide groups is 1. The Hall–Kier alpha value is -6.48. The summed E-state index contributed by atoms with van der Waals surface area (Å²) in [5.74, 6) is -2.29. The number of unbranched alkanes of at least 4 members (excludes halogenated alkanes) is 3. The second-order valence-corrected chi connectivity index (χ2v) is 15.0. The van der Waals surface area contributed by atoms with Gasteiger partial charge < -0.3 is 27.0 Å². The van der Waals surface area contributed by atoms with E-state index in [2.05, 4.69) is 30.8 Å². The maximum absolute atomic E-state index is 13.8. The van der Waals surface area contributed by atoms with Gasteiger partial charge in [0.1, 0.15) is 0 Å². The second-order valence-electron chi connectivity index (χ2n) is 15.0. The Bertz CT molecular complexity index is 2220. The largest absolute Gasteiger partial charge is 0.382 e. The van der Waals surface area contributed by atoms with Crippen LogP contribution in [-0.4, -0.2) is 81.4 Å². The fraction of sp³-hybridized carbons (Fsp3) is 0.349. The van der Waals surface area contributed by atoms with Gasteiger partial charge in [-0.25, -0.2) is 9.97 Å². The average molecular weight is 786 g/mol. The van der Waals surface area contributed by atoms with Crippen molar-refractivity contribution in [3.05, 3.63) is 106 Å². The number of piperazine rings is 1. The topological polar surface area (TPSA) is 223 Å². The van der Waals surface area contributed by atoms with Crippen LogP contribution in [0.2, 0.25) is 0 Å². The zero-order valence-corrected chi connectivity index (χ0v) is 32.2. The van der Waals surface area contributed by atoms with Gasteiger partial charge in [0.25, 0.3) is 17.7 Å². The fourth-order valence-corrected chi connectivity index (χ4v) is 8.04. The molecule has 300 valence electrons. The van der Waals surface area contributed by atoms with E-state index >= 15 is 0 Å². The molecule has 4 heterocycles. The van der Waals surface area contributed by atoms with Gasteiger partial charge in [0.05, 0.1) is 17.8 Å². The van der Waals surface area contributed by atoms with E-state index in [0.717, 1.165) is 48.8 Å². The molecule has 15 heteroatoms. The lowest BCUT2D eigenvalue weighted by Crippen LogP contribution is -2.49. The molecule has 4 aromatic rings. The summed E-state index contributed by atoms with van der Waals surface area (Å²) in [7, 11) is 0. The molecule has 58 heavy (non-hydrogen) atoms. The van der Waals surface area contributed by atoms with Crippen LogP contribution >= 0.6 is 0 Å². The van der Waals surface area contributed by atoms with Crippen molar-refractivity contribution in [3.63, 3.8) is 0 Å². The number of piperidine rings is 1. The van der Waals surface area contributed by atoms with Crippen LogP contribution in [-0.2, 0) is 20.9 Å². The van der Waals surface area contributed by atoms with Gasteiger partial charge in [-0.1, -0.05) is 55.7 Å². The maximum atomic E-state index is 13.8. The van der Waals surface area contributed by atoms with E-state index in [4.69, 9.17) is 11.5 Å². The van der Waals surface area contributed by atoms with E-state index in [1.165, 1.54) is 6.20 Å². The quantitative estimate of drug-likeness (QED) is 0.0911. The summed E-state index contributed by atoms with van der Waals surface area (Å²) in [6.45, 7) is 2.51. The van der Waals surface area contributed by atoms with Gasteiger partial charge in [-0.05, 0) is 66.3 Å². The zero-order valence-electron chi connectivity index (χ0n) is 32.2. The molecule has 15 nitrogen and oxygen atoms in total. The number of nitrogens with two attached hydrogens (primary N) is 2. The van der Waals surface area contributed by atoms with Gasteiger partial charge in [0.15, 0.2) is 11.5 Å². The number of para-hydroxylation sites is 1. The van der Waals surface area contributed by atoms with Crippen LogP contribution in [0.25, 0.3) is 11.3 Å². The molecular formula is C43H47N9O6. The molecular weight excluding hydrogens is 739 g/mol. The van der Waals surface area contributed by atoms with E-state index in [-0.39, 0.29) is 53.5 Å². The second kappa shape index (κ2) is 17.8. The van der Waals surface area contributed by atoms with E-state index in [1.807, 2.05) is 17.0 Å². The number of aromatic nitrogens is 2. The first-order valence-electron chi connectivity index (χ1n) is 19.7. The van der Waals surface area contributed by atoms with Crippen molar-refractivity contribution >= 4 is 46.9 Å². The van der Waals surface area contributed by atoms with Crippen LogP contribution < -0.4 is 27.4 Å². The summed E-state index contributed by atoms with van der Waals surface area (Å²) in [6.07, 6.45) is 6.56. The highest BCUT2D eigenvalue weighted by Gasteiger charge is 2.35. The van der Waals surface area contributed by atoms with Gasteiger partial charge in [-0.2, -0.15) is 0 Å². The van der Waals surface area contributed by atoms with Gasteiger partial charge in [-0.15, -0.1) is 0 Å². The Kier molecular flexibility index (Phi) is 12.2. The van der Waals surface area contributed by atoms with Crippen molar-refractivity contribution in [2.75, 3.05) is 37.2 Å². The summed E-state index contributed by atoms with van der Waals surface area (Å²) in [5, 5.41) is 8.19. The molecule has 0 bridgehead atoms. The number of primary amides is 1. The van der Waals surface area contributed by atoms with Crippen LogP contribution in [0.1, 0.15) is 111 Å². The number of amides is 6. The fourth-order valence-electron chi connectivity index (χ4n) is 8.04. The molecule has 0 saturated carbocycles. The number of rotatable bonds is 14. The third kappa shape index (κ3) is 9.05. The first-order valence-corrected chi connectivity index (χ1v) is 19.7. The van der Waals surface area contributed by atoms with Crippen molar-refractivity contribution in [3.8, 4) is 11.3 Å². The number of carbonyl (C=O) groups is 6. The van der Waals surface area contributed by atoms with Gasteiger partial charge in [-0.3, -0.25) is 39.0 Å². The molecule has 0 aliphatic carbocycles. The summed E-state index contributed by atoms with van der Waals surface area (Å²) in [6, 6.07) is 19.7. The number of benzene rings is 3. The number of hydrogen-bond donors (Lipinski definition) is 5. The van der Waals surface area contributed by atoms with Gasteiger partial charge in [0, 0.05) is 74.0 Å². The highest BCUT2D eigenvalue weighted by atomic mass is 16.2. The number of hydrogen-bond acceptors (Lipinski definition) is 10. The summed E-state index contributed by atoms with van der Waals surface area (Å²) in [5.41, 5.74) is 16.7. The third-order valence-electron chi connectivity index (χ3n) is 11.1. The molecule has 1 aromatic heterocycles. The monoisotopic (exact) mass is 785 g/mol. The minimum absolute atomic E-state index is 0.00197. The molecule has 2 saturated heterocycles. The standard InChI is InChI=1S/C43H47N9O6/c44-36(53)11-7-2-1-6-10-35(31-22-28(23-32-33(31)24-47-40(32)55)30-16-17-37(54)50-41(30)56)51-18-20-52(21-19-51)43(58)27-14-12-26(13-15-27)34-25-46-39(45)38(49-34)42(57)48-29-8-4-3-5-9-29/h3-5,8-9,12-15,22-23,25,30,35H,1-2,6-7,10-11,16-21,24H2,(H2,44,53)(H2,45,46)(H,47,55)(H,48,57)(H,50,54,56). The number of nitrogens with one attached hydrogen (secondary N) is 3. The van der Waals surface area contributed by atoms with Crippen molar-refractivity contribution in [1.29, 1.82) is 0 Å². The SMILES string of the molecule is NC(=O)CCCCCCC(c1cc(C2CCC(=O)NC2=O)cc2c1CNC2=O)N1CCN(C(=O)c2ccc(-c3cnc(N)c(C(=O)Nc4ccccc4)n3)cc2)CC1. The van der Waals surface area contributed by atoms with E-state index < -0.39 is 11.8 Å². The van der Waals surface area contributed by atoms with E-state index in [0.29, 0.717) is 73.6 Å². The molecule has 0 spiro atoms. The number of nitrogens with zero attached hydrogens (tertiary/aromatic N) is 4. The summed E-state index contributed by atoms with van der Waals surface area (Å²) >= 11 is 0. The third-order valence-corrected chi connectivity index (χ3v) is 11.1. The molecule has 2 unspecified atom stereocenters. The lowest BCUT2D eigenvalue weighted by molar-refractivity contribution is -0.134. The highest BCUT2D eigenvalue weighted by Crippen LogP contribution is 2.38. The Morgan fingerprint density at radius 2 is 1.66 bits per heavy atom. The Balaban J connectivity index is 1.06. The molecule has 6 amide bonds. The van der Waals surface area contributed by atoms with Crippen LogP contribution in [0.5, 0.6) is 0 Å². The predicted octanol–water partition coefficient (Wildman–Crippen LogP) is 4.07. The van der Waals surface area contributed by atoms with Crippen LogP contribution in [0.4, 0.5) is 11.5 Å². The van der Waals surface area contributed by atoms with E-state index in [9.17, 15) is 28.8 Å². The molecule has 0 radical (unpaired) electrons. The molecule has 7 rings (SSSR count). The van der Waals surface area contributed by atoms with Crippen molar-refractivity contribution in [1.82, 2.24) is 30.4 Å². The Labute approximate surface area is 336 Å². The molecule has 3 aromatic carbocycles. The molecule has 2 atom stereocenters. The number of fused-ring (bicyclic) bond motifs is 1. The first kappa shape index (κ1) is 39.7. The van der Waals surface area contributed by atoms with Crippen LogP contribution in [0, 0.1) is 0 Å². The van der Waals surface area contributed by atoms with Crippen molar-refractivity contribution in [2.24, 2.45) is 5.73 Å². The van der Waals surface area contributed by atoms with Gasteiger partial charge in [0.2, 0.25) is 17.7 Å². The minimum atomic E-state index is -0.543. The first-order chi connectivity index (χ1) is 28.0. The normalized spacial score (nSPS) is 17.3. The summed E-state index contributed by atoms with van der Waals surface area (Å²) < 4.78 is 0. The summed E-state index contributed by atoms with van der Waals surface area (Å²) in [4.78, 5) is 88.9. The molecule has 7 N–H and O–H groups in total. The molecule has 3 aliphatic heterocycles. The number of anilines is 2. The average Bonchev–Trinajstić information content (AvgIpc) is 3.60. The van der Waals surface area contributed by atoms with E-state index in [1.54, 1.807) is 54.6 Å². The van der Waals surface area contributed by atoms with Crippen molar-refractivity contribution in [2.45, 2.75) is 69.9 Å². The minimum Gasteiger partial charge on any atom is -0.382 e. The molecule has 3 aliphatic rings. The van der Waals surface area contributed by atoms with Crippen LogP contribution in [0.3, 0.4) is 0 Å². The van der Waals surface area contributed by atoms with Crippen LogP contribution in [0.15, 0.2) is 72.9 Å². The Morgan fingerprint density at radius 3 is 2.38 bits per heavy atom.